The summed E-state index contributed by atoms with van der Waals surface area (Å²) < 4.78 is 2.19. The van der Waals surface area contributed by atoms with E-state index in [2.05, 4.69) is 31.4 Å². The van der Waals surface area contributed by atoms with Gasteiger partial charge in [0.25, 0.3) is 0 Å². The summed E-state index contributed by atoms with van der Waals surface area (Å²) in [6, 6.07) is 6.09. The first-order valence-corrected chi connectivity index (χ1v) is 7.73. The second-order valence-electron chi connectivity index (χ2n) is 4.35. The minimum absolute atomic E-state index is 0.585. The molecule has 3 aromatic rings. The molecule has 0 fully saturated rings. The third kappa shape index (κ3) is 2.65. The largest absolute Gasteiger partial charge is 0.312 e. The van der Waals surface area contributed by atoms with E-state index in [1.807, 2.05) is 18.3 Å². The molecule has 5 heteroatoms. The second kappa shape index (κ2) is 5.72. The van der Waals surface area contributed by atoms with Crippen molar-refractivity contribution >= 4 is 34.1 Å². The van der Waals surface area contributed by atoms with Gasteiger partial charge in [-0.15, -0.1) is 11.6 Å². The summed E-state index contributed by atoms with van der Waals surface area (Å²) in [6.45, 7) is 0.899. The smallest absolute Gasteiger partial charge is 0.159 e. The monoisotopic (exact) mass is 291 g/mol. The number of rotatable bonds is 5. The number of hydrogen-bond acceptors (Lipinski definition) is 3. The van der Waals surface area contributed by atoms with Crippen LogP contribution in [0.1, 0.15) is 11.4 Å². The van der Waals surface area contributed by atoms with Crippen LogP contribution < -0.4 is 0 Å². The first-order chi connectivity index (χ1) is 9.38. The summed E-state index contributed by atoms with van der Waals surface area (Å²) in [5.74, 6) is 1.61. The Kier molecular flexibility index (Phi) is 3.80. The van der Waals surface area contributed by atoms with Gasteiger partial charge < -0.3 is 4.57 Å². The zero-order chi connectivity index (χ0) is 13.1. The normalized spacial score (nSPS) is 11.2. The maximum atomic E-state index is 5.86. The van der Waals surface area contributed by atoms with Gasteiger partial charge in [0.1, 0.15) is 11.3 Å². The summed E-state index contributed by atoms with van der Waals surface area (Å²) in [4.78, 5) is 9.06. The number of aryl methyl sites for hydroxylation is 3. The Bertz CT molecular complexity index is 660. The van der Waals surface area contributed by atoms with E-state index in [1.54, 1.807) is 11.3 Å². The number of nitrogens with zero attached hydrogens (tertiary/aromatic N) is 3. The van der Waals surface area contributed by atoms with Gasteiger partial charge in [-0.3, -0.25) is 0 Å². The maximum Gasteiger partial charge on any atom is 0.159 e. The van der Waals surface area contributed by atoms with Crippen molar-refractivity contribution in [1.29, 1.82) is 0 Å². The Hall–Kier alpha value is -1.39. The predicted molar refractivity (Wildman–Crippen MR) is 80.0 cm³/mol. The van der Waals surface area contributed by atoms with Crippen LogP contribution in [0.2, 0.25) is 0 Å². The van der Waals surface area contributed by atoms with Crippen molar-refractivity contribution in [3.63, 3.8) is 0 Å². The topological polar surface area (TPSA) is 30.7 Å². The fourth-order valence-electron chi connectivity index (χ4n) is 2.19. The van der Waals surface area contributed by atoms with E-state index in [-0.39, 0.29) is 0 Å². The molecule has 0 N–H and O–H groups in total. The first kappa shape index (κ1) is 12.6. The summed E-state index contributed by atoms with van der Waals surface area (Å²) in [5.41, 5.74) is 3.27. The minimum Gasteiger partial charge on any atom is -0.312 e. The molecule has 0 spiro atoms. The zero-order valence-corrected chi connectivity index (χ0v) is 12.0. The number of pyridine rings is 1. The van der Waals surface area contributed by atoms with Crippen molar-refractivity contribution in [1.82, 2.24) is 14.5 Å². The standard InChI is InChI=1S/C14H14ClN3S/c15-6-3-13-17-12-2-1-7-16-14(12)18(13)8-4-11-5-9-19-10-11/h1-2,5,7,9-10H,3-4,6,8H2. The molecule has 3 heterocycles. The van der Waals surface area contributed by atoms with Crippen molar-refractivity contribution in [3.8, 4) is 0 Å². The highest BCUT2D eigenvalue weighted by molar-refractivity contribution is 7.07. The van der Waals surface area contributed by atoms with Gasteiger partial charge in [0.05, 0.1) is 0 Å². The molecule has 0 radical (unpaired) electrons. The van der Waals surface area contributed by atoms with Gasteiger partial charge in [0.15, 0.2) is 5.65 Å². The highest BCUT2D eigenvalue weighted by Crippen LogP contribution is 2.16. The molecule has 3 rings (SSSR count). The van der Waals surface area contributed by atoms with Crippen molar-refractivity contribution in [2.75, 3.05) is 5.88 Å². The molecule has 0 aliphatic rings. The van der Waals surface area contributed by atoms with Crippen LogP contribution in [0.4, 0.5) is 0 Å². The molecule has 0 unspecified atom stereocenters. The molecule has 0 aliphatic heterocycles. The van der Waals surface area contributed by atoms with Crippen LogP contribution in [0.15, 0.2) is 35.2 Å². The van der Waals surface area contributed by atoms with Crippen LogP contribution >= 0.6 is 22.9 Å². The molecule has 0 bridgehead atoms. The first-order valence-electron chi connectivity index (χ1n) is 6.25. The van der Waals surface area contributed by atoms with E-state index in [9.17, 15) is 0 Å². The molecule has 0 aliphatic carbocycles. The molecule has 98 valence electrons. The van der Waals surface area contributed by atoms with Crippen molar-refractivity contribution in [2.24, 2.45) is 0 Å². The molecule has 0 saturated carbocycles. The van der Waals surface area contributed by atoms with Crippen molar-refractivity contribution < 1.29 is 0 Å². The molecular weight excluding hydrogens is 278 g/mol. The van der Waals surface area contributed by atoms with Crippen LogP contribution in [0.5, 0.6) is 0 Å². The lowest BCUT2D eigenvalue weighted by Crippen LogP contribution is -2.07. The Labute approximate surface area is 120 Å². The molecule has 0 amide bonds. The van der Waals surface area contributed by atoms with E-state index in [0.717, 1.165) is 36.4 Å². The molecule has 0 saturated heterocycles. The van der Waals surface area contributed by atoms with Gasteiger partial charge in [-0.05, 0) is 40.9 Å². The summed E-state index contributed by atoms with van der Waals surface area (Å²) in [5, 5.41) is 4.30. The highest BCUT2D eigenvalue weighted by Gasteiger charge is 2.10. The third-order valence-electron chi connectivity index (χ3n) is 3.11. The van der Waals surface area contributed by atoms with E-state index >= 15 is 0 Å². The van der Waals surface area contributed by atoms with Gasteiger partial charge >= 0.3 is 0 Å². The van der Waals surface area contributed by atoms with Gasteiger partial charge in [-0.2, -0.15) is 11.3 Å². The number of thiophene rings is 1. The van der Waals surface area contributed by atoms with Crippen LogP contribution in [0.3, 0.4) is 0 Å². The summed E-state index contributed by atoms with van der Waals surface area (Å²) in [6.07, 6.45) is 3.60. The average molecular weight is 292 g/mol. The molecule has 3 nitrogen and oxygen atoms in total. The lowest BCUT2D eigenvalue weighted by atomic mass is 10.2. The third-order valence-corrected chi connectivity index (χ3v) is 4.03. The highest BCUT2D eigenvalue weighted by atomic mass is 35.5. The van der Waals surface area contributed by atoms with Crippen LogP contribution in [0.25, 0.3) is 11.2 Å². The Morgan fingerprint density at radius 1 is 1.26 bits per heavy atom. The Morgan fingerprint density at radius 3 is 3.00 bits per heavy atom. The fourth-order valence-corrected chi connectivity index (χ4v) is 3.06. The second-order valence-corrected chi connectivity index (χ2v) is 5.50. The number of fused-ring (bicyclic) bond motifs is 1. The predicted octanol–water partition coefficient (Wildman–Crippen LogP) is 3.52. The van der Waals surface area contributed by atoms with Crippen LogP contribution in [-0.2, 0) is 19.4 Å². The lowest BCUT2D eigenvalue weighted by molar-refractivity contribution is 0.670. The number of halogens is 1. The van der Waals surface area contributed by atoms with Crippen molar-refractivity contribution in [3.05, 3.63) is 46.5 Å². The SMILES string of the molecule is ClCCc1nc2cccnc2n1CCc1ccsc1. The number of imidazole rings is 1. The molecule has 0 atom stereocenters. The van der Waals surface area contributed by atoms with Gasteiger partial charge in [-0.1, -0.05) is 0 Å². The molecule has 19 heavy (non-hydrogen) atoms. The summed E-state index contributed by atoms with van der Waals surface area (Å²) >= 11 is 7.60. The van der Waals surface area contributed by atoms with E-state index < -0.39 is 0 Å². The minimum atomic E-state index is 0.585. The quantitative estimate of drug-likeness (QED) is 0.674. The number of aromatic nitrogens is 3. The lowest BCUT2D eigenvalue weighted by Gasteiger charge is -2.06. The summed E-state index contributed by atoms with van der Waals surface area (Å²) in [7, 11) is 0. The average Bonchev–Trinajstić information content (AvgIpc) is 3.04. The molecule has 0 aromatic carbocycles. The Morgan fingerprint density at radius 2 is 2.21 bits per heavy atom. The molecular formula is C14H14ClN3S. The zero-order valence-electron chi connectivity index (χ0n) is 10.4. The van der Waals surface area contributed by atoms with Crippen molar-refractivity contribution in [2.45, 2.75) is 19.4 Å². The maximum absolute atomic E-state index is 5.86. The van der Waals surface area contributed by atoms with E-state index in [4.69, 9.17) is 11.6 Å². The Balaban J connectivity index is 1.92. The van der Waals surface area contributed by atoms with Gasteiger partial charge in [0, 0.05) is 25.0 Å². The van der Waals surface area contributed by atoms with E-state index in [0.29, 0.717) is 5.88 Å². The van der Waals surface area contributed by atoms with Gasteiger partial charge in [-0.25, -0.2) is 9.97 Å². The van der Waals surface area contributed by atoms with Gasteiger partial charge in [0.2, 0.25) is 0 Å². The number of alkyl halides is 1. The molecule has 3 aromatic heterocycles. The van der Waals surface area contributed by atoms with E-state index in [1.165, 1.54) is 5.56 Å². The number of hydrogen-bond donors (Lipinski definition) is 0. The van der Waals surface area contributed by atoms with Crippen LogP contribution in [-0.4, -0.2) is 20.4 Å². The van der Waals surface area contributed by atoms with Crippen LogP contribution in [0, 0.1) is 0 Å². The fraction of sp³-hybridized carbons (Fsp3) is 0.286.